The first-order valence-corrected chi connectivity index (χ1v) is 9.10. The van der Waals surface area contributed by atoms with Crippen molar-refractivity contribution in [3.8, 4) is 0 Å². The van der Waals surface area contributed by atoms with Gasteiger partial charge in [-0.15, -0.1) is 11.8 Å². The first kappa shape index (κ1) is 21.4. The summed E-state index contributed by atoms with van der Waals surface area (Å²) in [6, 6.07) is 3.37. The summed E-state index contributed by atoms with van der Waals surface area (Å²) in [6.07, 6.45) is 1.43. The zero-order valence-electron chi connectivity index (χ0n) is 15.2. The maximum atomic E-state index is 12.3. The van der Waals surface area contributed by atoms with Crippen LogP contribution in [0.15, 0.2) is 28.9 Å². The third kappa shape index (κ3) is 3.71. The molecule has 7 nitrogen and oxygen atoms in total. The SMILES string of the molecule is CC(Cc1cccnn1)SC1=C(C(=O)[O-])N2C(=O)C(C(C)O)C2C1C.[Na+]. The van der Waals surface area contributed by atoms with Crippen LogP contribution in [0.25, 0.3) is 0 Å². The van der Waals surface area contributed by atoms with E-state index in [1.54, 1.807) is 13.1 Å². The van der Waals surface area contributed by atoms with Gasteiger partial charge in [0.05, 0.1) is 35.4 Å². The van der Waals surface area contributed by atoms with Gasteiger partial charge >= 0.3 is 29.6 Å². The van der Waals surface area contributed by atoms with Crippen LogP contribution in [0.1, 0.15) is 26.5 Å². The van der Waals surface area contributed by atoms with Crippen molar-refractivity contribution in [1.82, 2.24) is 15.1 Å². The summed E-state index contributed by atoms with van der Waals surface area (Å²) in [4.78, 5) is 25.9. The third-order valence-corrected chi connectivity index (χ3v) is 6.14. The molecule has 26 heavy (non-hydrogen) atoms. The van der Waals surface area contributed by atoms with Crippen molar-refractivity contribution in [2.45, 2.75) is 44.6 Å². The van der Waals surface area contributed by atoms with Gasteiger partial charge in [0, 0.05) is 28.7 Å². The van der Waals surface area contributed by atoms with E-state index >= 15 is 0 Å². The fraction of sp³-hybridized carbons (Fsp3) is 0.529. The van der Waals surface area contributed by atoms with Crippen molar-refractivity contribution < 1.29 is 49.4 Å². The number of hydrogen-bond donors (Lipinski definition) is 1. The molecule has 134 valence electrons. The minimum atomic E-state index is -1.35. The number of hydrogen-bond acceptors (Lipinski definition) is 7. The number of aliphatic hydroxyl groups excluding tert-OH is 1. The van der Waals surface area contributed by atoms with Crippen molar-refractivity contribution in [2.24, 2.45) is 11.8 Å². The molecule has 5 unspecified atom stereocenters. The van der Waals surface area contributed by atoms with E-state index in [4.69, 9.17) is 0 Å². The number of thioether (sulfide) groups is 1. The molecule has 3 rings (SSSR count). The molecule has 5 atom stereocenters. The number of fused-ring (bicyclic) bond motifs is 1. The van der Waals surface area contributed by atoms with Crippen LogP contribution >= 0.6 is 11.8 Å². The van der Waals surface area contributed by atoms with Crippen LogP contribution < -0.4 is 34.7 Å². The number of carboxylic acid groups (broad SMARTS) is 1. The molecule has 1 N–H and O–H groups in total. The van der Waals surface area contributed by atoms with Crippen LogP contribution in [0, 0.1) is 11.8 Å². The average molecular weight is 385 g/mol. The van der Waals surface area contributed by atoms with Crippen LogP contribution in [0.3, 0.4) is 0 Å². The monoisotopic (exact) mass is 385 g/mol. The molecule has 0 aliphatic carbocycles. The van der Waals surface area contributed by atoms with Crippen molar-refractivity contribution in [3.63, 3.8) is 0 Å². The number of β-lactam (4-membered cyclic amide) rings is 1. The molecule has 0 spiro atoms. The summed E-state index contributed by atoms with van der Waals surface area (Å²) >= 11 is 1.43. The molecule has 0 aromatic carbocycles. The normalized spacial score (nSPS) is 26.7. The Morgan fingerprint density at radius 1 is 1.46 bits per heavy atom. The molecule has 1 fully saturated rings. The van der Waals surface area contributed by atoms with E-state index in [1.165, 1.54) is 16.7 Å². The molecule has 9 heteroatoms. The van der Waals surface area contributed by atoms with E-state index in [1.807, 2.05) is 26.0 Å². The van der Waals surface area contributed by atoms with Crippen LogP contribution in [-0.4, -0.2) is 49.5 Å². The van der Waals surface area contributed by atoms with Crippen molar-refractivity contribution in [3.05, 3.63) is 34.6 Å². The van der Waals surface area contributed by atoms with Gasteiger partial charge in [-0.2, -0.15) is 10.2 Å². The third-order valence-electron chi connectivity index (χ3n) is 4.75. The van der Waals surface area contributed by atoms with E-state index in [9.17, 15) is 19.8 Å². The van der Waals surface area contributed by atoms with Gasteiger partial charge in [-0.1, -0.05) is 13.8 Å². The Morgan fingerprint density at radius 2 is 2.15 bits per heavy atom. The first-order chi connectivity index (χ1) is 11.8. The van der Waals surface area contributed by atoms with Gasteiger partial charge in [0.2, 0.25) is 5.91 Å². The number of carbonyl (C=O) groups excluding carboxylic acids is 2. The standard InChI is InChI=1S/C17H21N3O4S.Na/c1-8(7-11-5-4-6-18-19-11)25-15-9(2)13-12(10(3)21)16(22)20(13)14(15)17(23)24;/h4-6,8-10,12-13,21H,7H2,1-3H3,(H,23,24);/q;+1/p-1. The summed E-state index contributed by atoms with van der Waals surface area (Å²) in [5, 5.41) is 29.4. The van der Waals surface area contributed by atoms with Gasteiger partial charge in [-0.25, -0.2) is 0 Å². The minimum absolute atomic E-state index is 0. The minimum Gasteiger partial charge on any atom is -0.543 e. The van der Waals surface area contributed by atoms with Gasteiger partial charge in [-0.3, -0.25) is 4.79 Å². The van der Waals surface area contributed by atoms with E-state index in [-0.39, 0.29) is 58.4 Å². The Balaban J connectivity index is 0.00000243. The van der Waals surface area contributed by atoms with Gasteiger partial charge in [-0.05, 0) is 19.1 Å². The van der Waals surface area contributed by atoms with Gasteiger partial charge < -0.3 is 19.9 Å². The molecule has 2 aliphatic heterocycles. The van der Waals surface area contributed by atoms with Gasteiger partial charge in [0.15, 0.2) is 0 Å². The Bertz CT molecular complexity index is 728. The quantitative estimate of drug-likeness (QED) is 0.410. The number of nitrogens with zero attached hydrogens (tertiary/aromatic N) is 3. The molecule has 0 radical (unpaired) electrons. The summed E-state index contributed by atoms with van der Waals surface area (Å²) in [5.74, 6) is -2.40. The zero-order chi connectivity index (χ0) is 18.3. The number of rotatable bonds is 6. The molecule has 1 aromatic heterocycles. The Hall–Kier alpha value is -0.930. The summed E-state index contributed by atoms with van der Waals surface area (Å²) in [6.45, 7) is 5.44. The molecule has 0 bridgehead atoms. The maximum Gasteiger partial charge on any atom is 1.00 e. The Morgan fingerprint density at radius 3 is 2.69 bits per heavy atom. The number of aromatic nitrogens is 2. The number of carboxylic acids is 1. The summed E-state index contributed by atoms with van der Waals surface area (Å²) in [5.41, 5.74) is 0.778. The summed E-state index contributed by atoms with van der Waals surface area (Å²) < 4.78 is 0. The second-order valence-electron chi connectivity index (χ2n) is 6.60. The predicted octanol–water partition coefficient (Wildman–Crippen LogP) is -3.04. The van der Waals surface area contributed by atoms with Crippen LogP contribution in [0.5, 0.6) is 0 Å². The largest absolute Gasteiger partial charge is 1.00 e. The van der Waals surface area contributed by atoms with E-state index in [0.29, 0.717) is 11.3 Å². The fourth-order valence-corrected chi connectivity index (χ4v) is 5.00. The second kappa shape index (κ2) is 8.39. The number of amides is 1. The molecule has 0 saturated carbocycles. The van der Waals surface area contributed by atoms with Crippen LogP contribution in [-0.2, 0) is 16.0 Å². The Kier molecular flexibility index (Phi) is 6.90. The van der Waals surface area contributed by atoms with Crippen LogP contribution in [0.4, 0.5) is 0 Å². The van der Waals surface area contributed by atoms with E-state index < -0.39 is 18.0 Å². The molecule has 1 amide bonds. The number of aliphatic carboxylic acids is 1. The molecular formula is C17H20N3NaO4S. The smallest absolute Gasteiger partial charge is 0.543 e. The fourth-order valence-electron chi connectivity index (χ4n) is 3.66. The van der Waals surface area contributed by atoms with E-state index in [2.05, 4.69) is 10.2 Å². The van der Waals surface area contributed by atoms with Gasteiger partial charge in [0.1, 0.15) is 0 Å². The molecule has 2 aliphatic rings. The molecule has 1 saturated heterocycles. The molecule has 1 aromatic rings. The Labute approximate surface area is 178 Å². The zero-order valence-corrected chi connectivity index (χ0v) is 18.1. The van der Waals surface area contributed by atoms with Crippen molar-refractivity contribution in [1.29, 1.82) is 0 Å². The first-order valence-electron chi connectivity index (χ1n) is 8.22. The second-order valence-corrected chi connectivity index (χ2v) is 8.08. The maximum absolute atomic E-state index is 12.3. The molecular weight excluding hydrogens is 365 g/mol. The topological polar surface area (TPSA) is 106 Å². The average Bonchev–Trinajstić information content (AvgIpc) is 2.77. The van der Waals surface area contributed by atoms with E-state index in [0.717, 1.165) is 5.69 Å². The van der Waals surface area contributed by atoms with Crippen molar-refractivity contribution >= 4 is 23.6 Å². The molecule has 3 heterocycles. The summed E-state index contributed by atoms with van der Waals surface area (Å²) in [7, 11) is 0. The number of carbonyl (C=O) groups is 2. The number of aliphatic hydroxyl groups is 1. The van der Waals surface area contributed by atoms with Crippen LogP contribution in [0.2, 0.25) is 0 Å². The van der Waals surface area contributed by atoms with Crippen molar-refractivity contribution in [2.75, 3.05) is 0 Å². The van der Waals surface area contributed by atoms with Gasteiger partial charge in [0.25, 0.3) is 0 Å². The predicted molar refractivity (Wildman–Crippen MR) is 89.8 cm³/mol.